The third-order valence-corrected chi connectivity index (χ3v) is 7.04. The molecule has 42 heavy (non-hydrogen) atoms. The van der Waals surface area contributed by atoms with Crippen LogP contribution in [0.15, 0.2) is 84.9 Å². The van der Waals surface area contributed by atoms with E-state index in [4.69, 9.17) is 0 Å². The van der Waals surface area contributed by atoms with Crippen molar-refractivity contribution in [2.45, 2.75) is 0 Å². The van der Waals surface area contributed by atoms with Gasteiger partial charge in [-0.3, -0.25) is 24.0 Å². The van der Waals surface area contributed by atoms with E-state index in [2.05, 4.69) is 0 Å². The molecule has 2 aliphatic heterocycles. The quantitative estimate of drug-likeness (QED) is 0.262. The van der Waals surface area contributed by atoms with Gasteiger partial charge in [0.1, 0.15) is 0 Å². The van der Waals surface area contributed by atoms with Crippen molar-refractivity contribution >= 4 is 52.7 Å². The van der Waals surface area contributed by atoms with Crippen molar-refractivity contribution in [3.8, 4) is 0 Å². The molecule has 11 heteroatoms. The molecule has 0 unspecified atom stereocenters. The number of rotatable bonds is 6. The lowest BCUT2D eigenvalue weighted by atomic mass is 10.0. The number of carbonyl (C=O) groups is 7. The lowest BCUT2D eigenvalue weighted by molar-refractivity contribution is 0.0686. The second kappa shape index (κ2) is 9.45. The molecule has 6 rings (SSSR count). The highest BCUT2D eigenvalue weighted by Gasteiger charge is 2.38. The first-order valence-electron chi connectivity index (χ1n) is 12.3. The zero-order chi connectivity index (χ0) is 29.9. The van der Waals surface area contributed by atoms with Crippen molar-refractivity contribution in [1.82, 2.24) is 0 Å². The van der Waals surface area contributed by atoms with Crippen LogP contribution < -0.4 is 9.80 Å². The van der Waals surface area contributed by atoms with E-state index in [9.17, 15) is 43.8 Å². The predicted molar refractivity (Wildman–Crippen MR) is 145 cm³/mol. The minimum atomic E-state index is -1.23. The van der Waals surface area contributed by atoms with Gasteiger partial charge in [-0.1, -0.05) is 0 Å². The van der Waals surface area contributed by atoms with Crippen molar-refractivity contribution in [2.24, 2.45) is 0 Å². The van der Waals surface area contributed by atoms with Crippen LogP contribution in [0.2, 0.25) is 0 Å². The SMILES string of the molecule is O=C(O)c1ccc2c(c1)C(=O)N(c1ccc(C(=O)c3ccc(N4C(=O)c5ccc(C(=O)O)cc5C4=O)cc3)cc1)C2=O. The Bertz CT molecular complexity index is 1790. The van der Waals surface area contributed by atoms with Gasteiger partial charge in [0.05, 0.1) is 44.8 Å². The van der Waals surface area contributed by atoms with E-state index in [-0.39, 0.29) is 55.9 Å². The fourth-order valence-corrected chi connectivity index (χ4v) is 4.91. The Kier molecular flexibility index (Phi) is 5.85. The molecule has 0 radical (unpaired) electrons. The van der Waals surface area contributed by atoms with Gasteiger partial charge in [0.2, 0.25) is 0 Å². The monoisotopic (exact) mass is 560 g/mol. The fourth-order valence-electron chi connectivity index (χ4n) is 4.91. The first kappa shape index (κ1) is 26.0. The number of nitrogens with zero attached hydrogens (tertiary/aromatic N) is 2. The van der Waals surface area contributed by atoms with Crippen molar-refractivity contribution in [3.05, 3.63) is 129 Å². The van der Waals surface area contributed by atoms with Gasteiger partial charge in [-0.15, -0.1) is 0 Å². The number of amides is 4. The highest BCUT2D eigenvalue weighted by molar-refractivity contribution is 6.35. The molecular weight excluding hydrogens is 544 g/mol. The molecule has 11 nitrogen and oxygen atoms in total. The number of hydrogen-bond donors (Lipinski definition) is 2. The number of benzene rings is 4. The van der Waals surface area contributed by atoms with E-state index in [1.54, 1.807) is 0 Å². The summed E-state index contributed by atoms with van der Waals surface area (Å²) in [6, 6.07) is 18.8. The minimum absolute atomic E-state index is 0.0273. The van der Waals surface area contributed by atoms with Crippen molar-refractivity contribution in [1.29, 1.82) is 0 Å². The highest BCUT2D eigenvalue weighted by Crippen LogP contribution is 2.31. The third-order valence-electron chi connectivity index (χ3n) is 7.04. The molecule has 0 spiro atoms. The number of carbonyl (C=O) groups excluding carboxylic acids is 5. The summed E-state index contributed by atoms with van der Waals surface area (Å²) in [5, 5.41) is 18.4. The molecule has 4 aromatic rings. The van der Waals surface area contributed by atoms with Crippen LogP contribution in [0.3, 0.4) is 0 Å². The van der Waals surface area contributed by atoms with Crippen molar-refractivity contribution in [2.75, 3.05) is 9.80 Å². The standard InChI is InChI=1S/C31H16N2O9/c34-25(15-1-7-19(8-2-15)32-26(35)21-11-5-17(30(39)40)13-23(21)28(32)37)16-3-9-20(10-4-16)33-27(36)22-12-6-18(31(41)42)14-24(22)29(33)38/h1-14H,(H,39,40)(H,41,42). The number of anilines is 2. The summed E-state index contributed by atoms with van der Waals surface area (Å²) in [6.07, 6.45) is 0. The van der Waals surface area contributed by atoms with Crippen LogP contribution in [0, 0.1) is 0 Å². The van der Waals surface area contributed by atoms with Crippen molar-refractivity contribution in [3.63, 3.8) is 0 Å². The van der Waals surface area contributed by atoms with E-state index >= 15 is 0 Å². The molecule has 0 bridgehead atoms. The second-order valence-electron chi connectivity index (χ2n) is 9.45. The highest BCUT2D eigenvalue weighted by atomic mass is 16.4. The third kappa shape index (κ3) is 3.95. The molecule has 2 heterocycles. The number of aromatic carboxylic acids is 2. The Labute approximate surface area is 235 Å². The topological polar surface area (TPSA) is 166 Å². The van der Waals surface area contributed by atoms with Gasteiger partial charge < -0.3 is 10.2 Å². The molecule has 2 aliphatic rings. The molecule has 0 saturated heterocycles. The lowest BCUT2D eigenvalue weighted by Gasteiger charge is -2.15. The van der Waals surface area contributed by atoms with Crippen LogP contribution in [0.25, 0.3) is 0 Å². The van der Waals surface area contributed by atoms with Crippen LogP contribution >= 0.6 is 0 Å². The molecule has 4 aromatic carbocycles. The van der Waals surface area contributed by atoms with Gasteiger partial charge in [-0.25, -0.2) is 19.4 Å². The molecule has 0 saturated carbocycles. The van der Waals surface area contributed by atoms with Crippen LogP contribution in [-0.4, -0.2) is 51.6 Å². The molecule has 2 N–H and O–H groups in total. The summed E-state index contributed by atoms with van der Waals surface area (Å²) in [7, 11) is 0. The Hall–Kier alpha value is -6.23. The molecule has 4 amide bonds. The summed E-state index contributed by atoms with van der Waals surface area (Å²) in [4.78, 5) is 88.9. The molecule has 204 valence electrons. The molecule has 0 atom stereocenters. The first-order chi connectivity index (χ1) is 20.1. The summed E-state index contributed by atoms with van der Waals surface area (Å²) < 4.78 is 0. The van der Waals surface area contributed by atoms with E-state index in [0.29, 0.717) is 0 Å². The lowest BCUT2D eigenvalue weighted by Crippen LogP contribution is -2.29. The van der Waals surface area contributed by atoms with Crippen molar-refractivity contribution < 1.29 is 43.8 Å². The van der Waals surface area contributed by atoms with Crippen LogP contribution in [0.4, 0.5) is 11.4 Å². The number of fused-ring (bicyclic) bond motifs is 2. The normalized spacial score (nSPS) is 13.8. The maximum Gasteiger partial charge on any atom is 0.335 e. The number of imide groups is 2. The number of carboxylic acid groups (broad SMARTS) is 2. The summed E-state index contributed by atoms with van der Waals surface area (Å²) in [6.45, 7) is 0. The average molecular weight is 560 g/mol. The molecule has 0 aliphatic carbocycles. The largest absolute Gasteiger partial charge is 0.478 e. The zero-order valence-corrected chi connectivity index (χ0v) is 21.2. The Balaban J connectivity index is 1.21. The van der Waals surface area contributed by atoms with Gasteiger partial charge >= 0.3 is 11.9 Å². The Morgan fingerprint density at radius 1 is 0.429 bits per heavy atom. The minimum Gasteiger partial charge on any atom is -0.478 e. The summed E-state index contributed by atoms with van der Waals surface area (Å²) in [5.74, 6) is -5.46. The van der Waals surface area contributed by atoms with Gasteiger partial charge in [0, 0.05) is 11.1 Å². The molecular formula is C31H16N2O9. The van der Waals surface area contributed by atoms with Gasteiger partial charge in [0.15, 0.2) is 5.78 Å². The van der Waals surface area contributed by atoms with Crippen LogP contribution in [0.1, 0.15) is 78.1 Å². The Morgan fingerprint density at radius 2 is 0.738 bits per heavy atom. The second-order valence-corrected chi connectivity index (χ2v) is 9.45. The average Bonchev–Trinajstić information content (AvgIpc) is 3.40. The number of ketones is 1. The van der Waals surface area contributed by atoms with E-state index in [1.165, 1.54) is 72.8 Å². The van der Waals surface area contributed by atoms with Gasteiger partial charge in [0.25, 0.3) is 23.6 Å². The van der Waals surface area contributed by atoms with Gasteiger partial charge in [-0.2, -0.15) is 0 Å². The number of hydrogen-bond acceptors (Lipinski definition) is 7. The van der Waals surface area contributed by atoms with E-state index < -0.39 is 41.4 Å². The smallest absolute Gasteiger partial charge is 0.335 e. The molecule has 0 aromatic heterocycles. The maximum absolute atomic E-state index is 13.1. The summed E-state index contributed by atoms with van der Waals surface area (Å²) >= 11 is 0. The number of carboxylic acids is 2. The zero-order valence-electron chi connectivity index (χ0n) is 21.2. The van der Waals surface area contributed by atoms with Gasteiger partial charge in [-0.05, 0) is 84.9 Å². The predicted octanol–water partition coefficient (Wildman–Crippen LogP) is 3.92. The molecule has 0 fully saturated rings. The van der Waals surface area contributed by atoms with Crippen LogP contribution in [0.5, 0.6) is 0 Å². The Morgan fingerprint density at radius 3 is 1.07 bits per heavy atom. The van der Waals surface area contributed by atoms with E-state index in [1.807, 2.05) is 0 Å². The van der Waals surface area contributed by atoms with E-state index in [0.717, 1.165) is 21.9 Å². The maximum atomic E-state index is 13.1. The first-order valence-corrected chi connectivity index (χ1v) is 12.3. The fraction of sp³-hybridized carbons (Fsp3) is 0. The van der Waals surface area contributed by atoms with Crippen LogP contribution in [-0.2, 0) is 0 Å². The summed E-state index contributed by atoms with van der Waals surface area (Å²) in [5.41, 5.74) is 0.704.